The van der Waals surface area contributed by atoms with Gasteiger partial charge >= 0.3 is 0 Å². The molecular weight excluding hydrogens is 420 g/mol. The lowest BCUT2D eigenvalue weighted by atomic mass is 10.2. The second kappa shape index (κ2) is 7.16. The highest BCUT2D eigenvalue weighted by Gasteiger charge is 2.43. The molecule has 2 saturated carbocycles. The Hall–Kier alpha value is -3.69. The van der Waals surface area contributed by atoms with Crippen LogP contribution in [-0.2, 0) is 13.6 Å². The summed E-state index contributed by atoms with van der Waals surface area (Å²) in [5.41, 5.74) is 3.45. The highest BCUT2D eigenvalue weighted by molar-refractivity contribution is 6.10. The normalized spacial score (nSPS) is 16.0. The van der Waals surface area contributed by atoms with Crippen molar-refractivity contribution in [3.63, 3.8) is 0 Å². The van der Waals surface area contributed by atoms with Crippen molar-refractivity contribution in [2.75, 3.05) is 11.9 Å². The van der Waals surface area contributed by atoms with E-state index in [0.717, 1.165) is 54.0 Å². The Morgan fingerprint density at radius 1 is 1.24 bits per heavy atom. The molecule has 2 aliphatic carbocycles. The maximum Gasteiger partial charge on any atom is 0.271 e. The number of fused-ring (bicyclic) bond motifs is 3. The lowest BCUT2D eigenvalue weighted by Crippen LogP contribution is -2.36. The smallest absolute Gasteiger partial charge is 0.271 e. The van der Waals surface area contributed by atoms with Crippen LogP contribution >= 0.6 is 0 Å². The first-order valence-corrected chi connectivity index (χ1v) is 11.4. The van der Waals surface area contributed by atoms with E-state index < -0.39 is 0 Å². The SMILES string of the molecule is CCn1c(C(=O)N(C2CC2)C2CC2)cc2c3c(ncn3C)c(N(C)c3cc(C=O)[nH]n3)nc21. The van der Waals surface area contributed by atoms with E-state index in [9.17, 15) is 9.59 Å². The van der Waals surface area contributed by atoms with Gasteiger partial charge in [0.05, 0.1) is 17.5 Å². The molecule has 0 atom stereocenters. The number of carbonyl (C=O) groups excluding carboxylic acids is 2. The topological polar surface area (TPSA) is 105 Å². The van der Waals surface area contributed by atoms with E-state index in [1.165, 1.54) is 0 Å². The summed E-state index contributed by atoms with van der Waals surface area (Å²) in [6, 6.07) is 4.42. The van der Waals surface area contributed by atoms with Gasteiger partial charge in [-0.2, -0.15) is 5.10 Å². The number of imidazole rings is 1. The van der Waals surface area contributed by atoms with E-state index in [-0.39, 0.29) is 5.91 Å². The summed E-state index contributed by atoms with van der Waals surface area (Å²) in [6.45, 7) is 2.67. The van der Waals surface area contributed by atoms with Crippen molar-refractivity contribution in [1.82, 2.24) is 34.2 Å². The summed E-state index contributed by atoms with van der Waals surface area (Å²) in [6.07, 6.45) is 6.87. The lowest BCUT2D eigenvalue weighted by Gasteiger charge is -2.22. The van der Waals surface area contributed by atoms with Gasteiger partial charge in [0.25, 0.3) is 5.91 Å². The van der Waals surface area contributed by atoms with Crippen molar-refractivity contribution in [3.05, 3.63) is 29.8 Å². The summed E-state index contributed by atoms with van der Waals surface area (Å²) in [5.74, 6) is 1.29. The van der Waals surface area contributed by atoms with Crippen LogP contribution in [0.4, 0.5) is 11.6 Å². The first kappa shape index (κ1) is 20.0. The minimum absolute atomic E-state index is 0.105. The van der Waals surface area contributed by atoms with E-state index in [1.807, 2.05) is 41.1 Å². The molecular formula is C23H26N8O2. The summed E-state index contributed by atoms with van der Waals surface area (Å²) < 4.78 is 3.98. The van der Waals surface area contributed by atoms with Gasteiger partial charge in [-0.3, -0.25) is 14.7 Å². The van der Waals surface area contributed by atoms with Crippen LogP contribution in [0.1, 0.15) is 53.6 Å². The molecule has 0 aromatic carbocycles. The molecule has 1 N–H and O–H groups in total. The zero-order valence-corrected chi connectivity index (χ0v) is 18.9. The molecule has 0 unspecified atom stereocenters. The molecule has 170 valence electrons. The second-order valence-electron chi connectivity index (χ2n) is 9.03. The number of pyridine rings is 1. The molecule has 0 spiro atoms. The quantitative estimate of drug-likeness (QED) is 0.438. The average molecular weight is 447 g/mol. The number of hydrogen-bond donors (Lipinski definition) is 1. The maximum absolute atomic E-state index is 13.7. The van der Waals surface area contributed by atoms with Crippen molar-refractivity contribution in [2.45, 2.75) is 51.2 Å². The Morgan fingerprint density at radius 3 is 2.58 bits per heavy atom. The Kier molecular flexibility index (Phi) is 4.33. The molecule has 0 bridgehead atoms. The number of amides is 1. The van der Waals surface area contributed by atoms with Gasteiger partial charge in [0, 0.05) is 44.2 Å². The summed E-state index contributed by atoms with van der Waals surface area (Å²) >= 11 is 0. The van der Waals surface area contributed by atoms with E-state index in [2.05, 4.69) is 20.1 Å². The minimum atomic E-state index is 0.105. The molecule has 10 heteroatoms. The minimum Gasteiger partial charge on any atom is -0.333 e. The Labute approximate surface area is 190 Å². The number of aryl methyl sites for hydroxylation is 2. The van der Waals surface area contributed by atoms with Gasteiger partial charge in [-0.05, 0) is 38.7 Å². The zero-order valence-electron chi connectivity index (χ0n) is 18.9. The van der Waals surface area contributed by atoms with Gasteiger partial charge in [0.15, 0.2) is 17.9 Å². The van der Waals surface area contributed by atoms with Crippen LogP contribution in [0.15, 0.2) is 18.5 Å². The third-order valence-corrected chi connectivity index (χ3v) is 6.71. The van der Waals surface area contributed by atoms with Gasteiger partial charge in [-0.15, -0.1) is 0 Å². The fraction of sp³-hybridized carbons (Fsp3) is 0.435. The number of rotatable bonds is 7. The van der Waals surface area contributed by atoms with Crippen LogP contribution in [-0.4, -0.2) is 65.5 Å². The number of aromatic amines is 1. The summed E-state index contributed by atoms with van der Waals surface area (Å²) in [5, 5.41) is 7.86. The van der Waals surface area contributed by atoms with E-state index in [4.69, 9.17) is 4.98 Å². The molecule has 1 amide bonds. The highest BCUT2D eigenvalue weighted by atomic mass is 16.2. The number of H-pyrrole nitrogens is 1. The largest absolute Gasteiger partial charge is 0.333 e. The van der Waals surface area contributed by atoms with Crippen molar-refractivity contribution < 1.29 is 9.59 Å². The van der Waals surface area contributed by atoms with Crippen LogP contribution in [0.5, 0.6) is 0 Å². The fourth-order valence-corrected chi connectivity index (χ4v) is 4.76. The first-order chi connectivity index (χ1) is 16.0. The van der Waals surface area contributed by atoms with Crippen LogP contribution in [0.2, 0.25) is 0 Å². The van der Waals surface area contributed by atoms with Crippen LogP contribution in [0.3, 0.4) is 0 Å². The van der Waals surface area contributed by atoms with Crippen molar-refractivity contribution >= 4 is 45.9 Å². The number of anilines is 2. The second-order valence-corrected chi connectivity index (χ2v) is 9.03. The summed E-state index contributed by atoms with van der Waals surface area (Å²) in [4.78, 5) is 38.3. The first-order valence-electron chi connectivity index (χ1n) is 11.4. The van der Waals surface area contributed by atoms with E-state index in [0.29, 0.717) is 41.7 Å². The Bertz CT molecular complexity index is 1390. The standard InChI is InChI=1S/C23H26N8O2/c1-4-30-17(23(33)31(14-5-6-14)15-7-8-15)10-16-20-19(24-12-28(20)2)22(25-21(16)30)29(3)18-9-13(11-32)26-27-18/h9-12,14-15H,4-8H2,1-3H3,(H,26,27). The number of aldehydes is 1. The van der Waals surface area contributed by atoms with Crippen molar-refractivity contribution in [1.29, 1.82) is 0 Å². The summed E-state index contributed by atoms with van der Waals surface area (Å²) in [7, 11) is 3.79. The lowest BCUT2D eigenvalue weighted by molar-refractivity contribution is 0.0719. The zero-order chi connectivity index (χ0) is 22.9. The van der Waals surface area contributed by atoms with Crippen LogP contribution in [0, 0.1) is 0 Å². The van der Waals surface area contributed by atoms with Crippen LogP contribution in [0.25, 0.3) is 22.1 Å². The highest BCUT2D eigenvalue weighted by Crippen LogP contribution is 2.40. The molecule has 4 aromatic heterocycles. The number of aromatic nitrogens is 6. The molecule has 4 heterocycles. The molecule has 4 aromatic rings. The molecule has 33 heavy (non-hydrogen) atoms. The van der Waals surface area contributed by atoms with E-state index in [1.54, 1.807) is 12.4 Å². The molecule has 2 aliphatic rings. The Morgan fingerprint density at radius 2 is 1.97 bits per heavy atom. The fourth-order valence-electron chi connectivity index (χ4n) is 4.76. The molecule has 10 nitrogen and oxygen atoms in total. The monoisotopic (exact) mass is 446 g/mol. The van der Waals surface area contributed by atoms with Gasteiger partial charge in [-0.25, -0.2) is 9.97 Å². The predicted molar refractivity (Wildman–Crippen MR) is 124 cm³/mol. The third-order valence-electron chi connectivity index (χ3n) is 6.71. The number of hydrogen-bond acceptors (Lipinski definition) is 6. The molecule has 0 radical (unpaired) electrons. The van der Waals surface area contributed by atoms with E-state index >= 15 is 0 Å². The van der Waals surface area contributed by atoms with Crippen molar-refractivity contribution in [3.8, 4) is 0 Å². The molecule has 6 rings (SSSR count). The van der Waals surface area contributed by atoms with Gasteiger partial charge in [-0.1, -0.05) is 0 Å². The van der Waals surface area contributed by atoms with Crippen LogP contribution < -0.4 is 4.90 Å². The Balaban J connectivity index is 1.54. The molecule has 2 fully saturated rings. The van der Waals surface area contributed by atoms with Gasteiger partial charge in [0.1, 0.15) is 16.9 Å². The van der Waals surface area contributed by atoms with Gasteiger partial charge in [0.2, 0.25) is 0 Å². The predicted octanol–water partition coefficient (Wildman–Crippen LogP) is 3.01. The number of nitrogens with one attached hydrogen (secondary N) is 1. The van der Waals surface area contributed by atoms with Gasteiger partial charge < -0.3 is 18.9 Å². The number of carbonyl (C=O) groups is 2. The third kappa shape index (κ3) is 3.04. The maximum atomic E-state index is 13.7. The molecule has 0 saturated heterocycles. The number of nitrogens with zero attached hydrogens (tertiary/aromatic N) is 7. The average Bonchev–Trinajstić information content (AvgIpc) is 3.71. The van der Waals surface area contributed by atoms with Crippen molar-refractivity contribution in [2.24, 2.45) is 7.05 Å². The molecule has 0 aliphatic heterocycles.